The maximum atomic E-state index is 13.0. The molecule has 1 unspecified atom stereocenters. The maximum absolute atomic E-state index is 13.0. The number of hydrogen-bond acceptors (Lipinski definition) is 3. The summed E-state index contributed by atoms with van der Waals surface area (Å²) in [6.07, 6.45) is 11.3. The third-order valence-electron chi connectivity index (χ3n) is 7.10. The number of rotatable bonds is 11. The Balaban J connectivity index is 1.43. The van der Waals surface area contributed by atoms with E-state index in [1.165, 1.54) is 36.8 Å². The Kier molecular flexibility index (Phi) is 8.64. The zero-order valence-corrected chi connectivity index (χ0v) is 21.4. The number of unbranched alkanes of at least 4 members (excludes halogenated alkanes) is 3. The highest BCUT2D eigenvalue weighted by molar-refractivity contribution is 6.06. The van der Waals surface area contributed by atoms with E-state index >= 15 is 0 Å². The molecule has 1 aromatic heterocycles. The smallest absolute Gasteiger partial charge is 0.255 e. The van der Waals surface area contributed by atoms with Crippen molar-refractivity contribution in [1.82, 2.24) is 9.88 Å². The molecule has 0 radical (unpaired) electrons. The summed E-state index contributed by atoms with van der Waals surface area (Å²) in [5.74, 6) is 0.618. The standard InChI is InChI=1S/C30H39N3O2/c1-4-6-7-8-18-35-26-11-9-10-24(19-26)30(34)32-25-12-13-29-27(20-25)28(21-31-29)23-14-16-33(17-15-23)22(3)5-2/h9-14,19-22,31H,4-8,15-18H2,1-3H3,(H,32,34). The topological polar surface area (TPSA) is 57.4 Å². The lowest BCUT2D eigenvalue weighted by molar-refractivity contribution is 0.102. The number of aromatic amines is 1. The van der Waals surface area contributed by atoms with E-state index in [0.717, 1.165) is 48.3 Å². The highest BCUT2D eigenvalue weighted by Gasteiger charge is 2.19. The van der Waals surface area contributed by atoms with E-state index in [0.29, 0.717) is 18.2 Å². The molecule has 4 rings (SSSR count). The van der Waals surface area contributed by atoms with Crippen LogP contribution in [0.3, 0.4) is 0 Å². The van der Waals surface area contributed by atoms with Crippen LogP contribution in [0.25, 0.3) is 16.5 Å². The van der Waals surface area contributed by atoms with Gasteiger partial charge in [-0.2, -0.15) is 0 Å². The molecule has 0 fully saturated rings. The van der Waals surface area contributed by atoms with E-state index in [1.54, 1.807) is 0 Å². The van der Waals surface area contributed by atoms with Crippen LogP contribution >= 0.6 is 0 Å². The SMILES string of the molecule is CCCCCCOc1cccc(C(=O)Nc2ccc3[nH]cc(C4=CCN(C(C)CC)CC4)c3c2)c1. The highest BCUT2D eigenvalue weighted by atomic mass is 16.5. The summed E-state index contributed by atoms with van der Waals surface area (Å²) in [5, 5.41) is 4.22. The Bertz CT molecular complexity index is 1160. The quantitative estimate of drug-likeness (QED) is 0.288. The van der Waals surface area contributed by atoms with Crippen molar-refractivity contribution < 1.29 is 9.53 Å². The zero-order valence-electron chi connectivity index (χ0n) is 21.4. The number of fused-ring (bicyclic) bond motifs is 1. The van der Waals surface area contributed by atoms with Gasteiger partial charge in [-0.3, -0.25) is 9.69 Å². The first-order chi connectivity index (χ1) is 17.1. The van der Waals surface area contributed by atoms with E-state index in [2.05, 4.69) is 54.3 Å². The summed E-state index contributed by atoms with van der Waals surface area (Å²) in [6, 6.07) is 14.1. The van der Waals surface area contributed by atoms with Gasteiger partial charge in [-0.05, 0) is 68.2 Å². The van der Waals surface area contributed by atoms with Crippen LogP contribution in [0, 0.1) is 0 Å². The predicted molar refractivity (Wildman–Crippen MR) is 146 cm³/mol. The number of benzene rings is 2. The number of aromatic nitrogens is 1. The van der Waals surface area contributed by atoms with Crippen LogP contribution in [0.4, 0.5) is 5.69 Å². The van der Waals surface area contributed by atoms with Crippen molar-refractivity contribution >= 4 is 28.1 Å². The molecule has 0 aliphatic carbocycles. The van der Waals surface area contributed by atoms with Crippen molar-refractivity contribution in [3.63, 3.8) is 0 Å². The van der Waals surface area contributed by atoms with Crippen LogP contribution in [-0.4, -0.2) is 41.5 Å². The maximum Gasteiger partial charge on any atom is 0.255 e. The van der Waals surface area contributed by atoms with Gasteiger partial charge in [-0.1, -0.05) is 45.3 Å². The van der Waals surface area contributed by atoms with Crippen LogP contribution < -0.4 is 10.1 Å². The third-order valence-corrected chi connectivity index (χ3v) is 7.10. The number of ether oxygens (including phenoxy) is 1. The van der Waals surface area contributed by atoms with Gasteiger partial charge in [0.05, 0.1) is 6.61 Å². The molecule has 3 aromatic rings. The molecule has 0 spiro atoms. The first kappa shape index (κ1) is 25.1. The minimum absolute atomic E-state index is 0.126. The molecule has 0 bridgehead atoms. The van der Waals surface area contributed by atoms with Gasteiger partial charge in [-0.25, -0.2) is 0 Å². The summed E-state index contributed by atoms with van der Waals surface area (Å²) in [4.78, 5) is 18.9. The predicted octanol–water partition coefficient (Wildman–Crippen LogP) is 7.27. The van der Waals surface area contributed by atoms with Crippen molar-refractivity contribution in [1.29, 1.82) is 0 Å². The van der Waals surface area contributed by atoms with Gasteiger partial charge >= 0.3 is 0 Å². The molecule has 2 N–H and O–H groups in total. The van der Waals surface area contributed by atoms with Crippen LogP contribution in [0.15, 0.2) is 54.7 Å². The second-order valence-corrected chi connectivity index (χ2v) is 9.59. The normalized spacial score (nSPS) is 15.1. The lowest BCUT2D eigenvalue weighted by atomic mass is 9.97. The first-order valence-corrected chi connectivity index (χ1v) is 13.2. The van der Waals surface area contributed by atoms with Crippen LogP contribution in [0.5, 0.6) is 5.75 Å². The summed E-state index contributed by atoms with van der Waals surface area (Å²) < 4.78 is 5.86. The molecule has 35 heavy (non-hydrogen) atoms. The number of hydrogen-bond donors (Lipinski definition) is 2. The second kappa shape index (κ2) is 12.1. The van der Waals surface area contributed by atoms with Gasteiger partial charge in [0.25, 0.3) is 5.91 Å². The molecular formula is C30H39N3O2. The number of nitrogens with one attached hydrogen (secondary N) is 2. The fraction of sp³-hybridized carbons (Fsp3) is 0.433. The van der Waals surface area contributed by atoms with Gasteiger partial charge in [-0.15, -0.1) is 0 Å². The van der Waals surface area contributed by atoms with Crippen molar-refractivity contribution in [3.05, 3.63) is 65.9 Å². The average molecular weight is 474 g/mol. The van der Waals surface area contributed by atoms with E-state index in [9.17, 15) is 4.79 Å². The van der Waals surface area contributed by atoms with Gasteiger partial charge in [0.1, 0.15) is 5.75 Å². The number of carbonyl (C=O) groups excluding carboxylic acids is 1. The molecule has 5 nitrogen and oxygen atoms in total. The number of carbonyl (C=O) groups is 1. The lowest BCUT2D eigenvalue weighted by Gasteiger charge is -2.31. The minimum Gasteiger partial charge on any atom is -0.494 e. The zero-order chi connectivity index (χ0) is 24.6. The second-order valence-electron chi connectivity index (χ2n) is 9.59. The van der Waals surface area contributed by atoms with Gasteiger partial charge in [0.2, 0.25) is 0 Å². The summed E-state index contributed by atoms with van der Waals surface area (Å²) in [6.45, 7) is 9.51. The van der Waals surface area contributed by atoms with Gasteiger partial charge in [0, 0.05) is 53.0 Å². The van der Waals surface area contributed by atoms with Crippen LogP contribution in [0.2, 0.25) is 0 Å². The Morgan fingerprint density at radius 3 is 2.80 bits per heavy atom. The third kappa shape index (κ3) is 6.34. The van der Waals surface area contributed by atoms with Crippen molar-refractivity contribution in [3.8, 4) is 5.75 Å². The van der Waals surface area contributed by atoms with Gasteiger partial charge in [0.15, 0.2) is 0 Å². The molecule has 2 heterocycles. The van der Waals surface area contributed by atoms with Crippen LogP contribution in [0.1, 0.15) is 75.2 Å². The number of amides is 1. The molecule has 2 aromatic carbocycles. The fourth-order valence-corrected chi connectivity index (χ4v) is 4.70. The van der Waals surface area contributed by atoms with E-state index < -0.39 is 0 Å². The van der Waals surface area contributed by atoms with Gasteiger partial charge < -0.3 is 15.0 Å². The number of H-pyrrole nitrogens is 1. The van der Waals surface area contributed by atoms with Crippen molar-refractivity contribution in [2.24, 2.45) is 0 Å². The number of nitrogens with zero attached hydrogens (tertiary/aromatic N) is 1. The molecule has 5 heteroatoms. The Morgan fingerprint density at radius 2 is 2.03 bits per heavy atom. The Labute approximate surface area is 209 Å². The molecule has 1 aliphatic heterocycles. The molecule has 1 amide bonds. The average Bonchev–Trinajstić information content (AvgIpc) is 3.31. The molecule has 1 atom stereocenters. The molecule has 0 saturated carbocycles. The van der Waals surface area contributed by atoms with Crippen molar-refractivity contribution in [2.45, 2.75) is 65.3 Å². The van der Waals surface area contributed by atoms with Crippen LogP contribution in [-0.2, 0) is 0 Å². The summed E-state index contributed by atoms with van der Waals surface area (Å²) in [5.41, 5.74) is 5.10. The van der Waals surface area contributed by atoms with E-state index in [4.69, 9.17) is 4.74 Å². The monoisotopic (exact) mass is 473 g/mol. The fourth-order valence-electron chi connectivity index (χ4n) is 4.70. The summed E-state index contributed by atoms with van der Waals surface area (Å²) >= 11 is 0. The van der Waals surface area contributed by atoms with E-state index in [-0.39, 0.29) is 5.91 Å². The first-order valence-electron chi connectivity index (χ1n) is 13.2. The van der Waals surface area contributed by atoms with E-state index in [1.807, 2.05) is 36.4 Å². The van der Waals surface area contributed by atoms with Crippen molar-refractivity contribution in [2.75, 3.05) is 25.0 Å². The summed E-state index contributed by atoms with van der Waals surface area (Å²) in [7, 11) is 0. The Hall–Kier alpha value is -3.05. The highest BCUT2D eigenvalue weighted by Crippen LogP contribution is 2.31. The molecule has 186 valence electrons. The molecular weight excluding hydrogens is 434 g/mol. The molecule has 0 saturated heterocycles. The lowest BCUT2D eigenvalue weighted by Crippen LogP contribution is -2.35. The Morgan fingerprint density at radius 1 is 1.14 bits per heavy atom. The number of anilines is 1. The molecule has 1 aliphatic rings. The minimum atomic E-state index is -0.126. The largest absolute Gasteiger partial charge is 0.494 e.